The molecule has 0 aliphatic carbocycles. The molecule has 0 fully saturated rings. The van der Waals surface area contributed by atoms with E-state index < -0.39 is 16.4 Å². The molecule has 0 radical (unpaired) electrons. The van der Waals surface area contributed by atoms with Gasteiger partial charge in [-0.05, 0) is 33.3 Å². The fourth-order valence-corrected chi connectivity index (χ4v) is 1.86. The van der Waals surface area contributed by atoms with Crippen molar-refractivity contribution in [3.63, 3.8) is 0 Å². The number of carboxylic acid groups (broad SMARTS) is 1. The molecular formula is C12H17N3O4. The van der Waals surface area contributed by atoms with Crippen LogP contribution in [0.15, 0.2) is 12.3 Å². The fourth-order valence-electron chi connectivity index (χ4n) is 1.86. The molecule has 0 aliphatic heterocycles. The number of aliphatic carboxylic acids is 1. The number of carboxylic acids is 1. The number of likely N-dealkylation sites (N-methyl/N-ethyl adjacent to an activating group) is 1. The van der Waals surface area contributed by atoms with Gasteiger partial charge < -0.3 is 10.0 Å². The second kappa shape index (κ2) is 5.21. The van der Waals surface area contributed by atoms with Gasteiger partial charge in [0.05, 0.1) is 4.92 Å². The van der Waals surface area contributed by atoms with Crippen molar-refractivity contribution in [2.24, 2.45) is 0 Å². The molecule has 7 nitrogen and oxygen atoms in total. The van der Waals surface area contributed by atoms with Crippen LogP contribution in [0, 0.1) is 17.0 Å². The lowest BCUT2D eigenvalue weighted by Gasteiger charge is -2.35. The van der Waals surface area contributed by atoms with Gasteiger partial charge in [0.1, 0.15) is 17.6 Å². The maximum absolute atomic E-state index is 11.3. The summed E-state index contributed by atoms with van der Waals surface area (Å²) in [7, 11) is 0. The van der Waals surface area contributed by atoms with E-state index in [1.807, 2.05) is 6.92 Å². The summed E-state index contributed by atoms with van der Waals surface area (Å²) in [4.78, 5) is 27.1. The first-order valence-corrected chi connectivity index (χ1v) is 5.83. The third kappa shape index (κ3) is 2.81. The molecule has 19 heavy (non-hydrogen) atoms. The molecule has 1 N–H and O–H groups in total. The van der Waals surface area contributed by atoms with Crippen molar-refractivity contribution >= 4 is 17.5 Å². The topological polar surface area (TPSA) is 96.6 Å². The summed E-state index contributed by atoms with van der Waals surface area (Å²) in [6.07, 6.45) is 1.14. The van der Waals surface area contributed by atoms with Crippen molar-refractivity contribution < 1.29 is 14.8 Å². The average Bonchev–Trinajstić information content (AvgIpc) is 2.31. The Hall–Kier alpha value is -2.18. The summed E-state index contributed by atoms with van der Waals surface area (Å²) in [5, 5.41) is 19.9. The van der Waals surface area contributed by atoms with E-state index in [4.69, 9.17) is 0 Å². The SMILES string of the molecule is CCN(c1ncc([N+](=O)[O-])cc1C)C(C)(C)C(=O)O. The van der Waals surface area contributed by atoms with Crippen LogP contribution in [-0.4, -0.2) is 33.1 Å². The van der Waals surface area contributed by atoms with Crippen molar-refractivity contribution in [2.45, 2.75) is 33.2 Å². The Morgan fingerprint density at radius 1 is 1.58 bits per heavy atom. The van der Waals surface area contributed by atoms with Crippen LogP contribution < -0.4 is 4.90 Å². The molecular weight excluding hydrogens is 250 g/mol. The molecule has 1 aromatic rings. The highest BCUT2D eigenvalue weighted by molar-refractivity contribution is 5.82. The largest absolute Gasteiger partial charge is 0.480 e. The molecule has 0 amide bonds. The number of nitro groups is 1. The lowest BCUT2D eigenvalue weighted by Crippen LogP contribution is -2.51. The van der Waals surface area contributed by atoms with Crippen LogP contribution in [-0.2, 0) is 4.79 Å². The van der Waals surface area contributed by atoms with Gasteiger partial charge in [0, 0.05) is 12.6 Å². The van der Waals surface area contributed by atoms with Gasteiger partial charge in [0.25, 0.3) is 5.69 Å². The van der Waals surface area contributed by atoms with Crippen molar-refractivity contribution in [3.8, 4) is 0 Å². The number of rotatable bonds is 5. The number of hydrogen-bond donors (Lipinski definition) is 1. The minimum atomic E-state index is -1.14. The Kier molecular flexibility index (Phi) is 4.08. The van der Waals surface area contributed by atoms with Crippen molar-refractivity contribution in [1.29, 1.82) is 0 Å². The lowest BCUT2D eigenvalue weighted by molar-refractivity contribution is -0.385. The maximum Gasteiger partial charge on any atom is 0.328 e. The zero-order valence-corrected chi connectivity index (χ0v) is 11.4. The zero-order chi connectivity index (χ0) is 14.8. The molecule has 0 saturated heterocycles. The summed E-state index contributed by atoms with van der Waals surface area (Å²) in [6.45, 7) is 7.07. The minimum absolute atomic E-state index is 0.106. The van der Waals surface area contributed by atoms with E-state index in [0.29, 0.717) is 17.9 Å². The highest BCUT2D eigenvalue weighted by Crippen LogP contribution is 2.27. The minimum Gasteiger partial charge on any atom is -0.480 e. The first kappa shape index (κ1) is 14.9. The summed E-state index contributed by atoms with van der Waals surface area (Å²) in [5.74, 6) is -0.533. The van der Waals surface area contributed by atoms with E-state index in [9.17, 15) is 20.0 Å². The van der Waals surface area contributed by atoms with Crippen LogP contribution in [0.3, 0.4) is 0 Å². The Bertz CT molecular complexity index is 514. The summed E-state index contributed by atoms with van der Waals surface area (Å²) < 4.78 is 0. The third-order valence-electron chi connectivity index (χ3n) is 3.02. The molecule has 1 rings (SSSR count). The van der Waals surface area contributed by atoms with Crippen molar-refractivity contribution in [3.05, 3.63) is 27.9 Å². The first-order chi connectivity index (χ1) is 8.71. The van der Waals surface area contributed by atoms with Crippen molar-refractivity contribution in [1.82, 2.24) is 4.98 Å². The molecule has 104 valence electrons. The number of aromatic nitrogens is 1. The number of pyridine rings is 1. The molecule has 0 unspecified atom stereocenters. The highest BCUT2D eigenvalue weighted by Gasteiger charge is 2.35. The third-order valence-corrected chi connectivity index (χ3v) is 3.02. The summed E-state index contributed by atoms with van der Waals surface area (Å²) in [5.41, 5.74) is -0.668. The molecule has 0 bridgehead atoms. The predicted octanol–water partition coefficient (Wildman–Crippen LogP) is 1.99. The van der Waals surface area contributed by atoms with Crippen molar-refractivity contribution in [2.75, 3.05) is 11.4 Å². The maximum atomic E-state index is 11.3. The van der Waals surface area contributed by atoms with Gasteiger partial charge in [-0.15, -0.1) is 0 Å². The first-order valence-electron chi connectivity index (χ1n) is 5.83. The lowest BCUT2D eigenvalue weighted by atomic mass is 10.0. The van der Waals surface area contributed by atoms with Crippen LogP contribution in [0.4, 0.5) is 11.5 Å². The number of anilines is 1. The number of hydrogen-bond acceptors (Lipinski definition) is 5. The zero-order valence-electron chi connectivity index (χ0n) is 11.4. The number of carbonyl (C=O) groups is 1. The van der Waals surface area contributed by atoms with Gasteiger partial charge in [0.2, 0.25) is 0 Å². The highest BCUT2D eigenvalue weighted by atomic mass is 16.6. The Labute approximate surface area is 111 Å². The van der Waals surface area contributed by atoms with Crippen LogP contribution in [0.5, 0.6) is 0 Å². The molecule has 0 aliphatic rings. The standard InChI is InChI=1S/C12H17N3O4/c1-5-14(12(3,4)11(16)17)10-8(2)6-9(7-13-10)15(18)19/h6-7H,5H2,1-4H3,(H,16,17). The molecule has 1 heterocycles. The van der Waals surface area contributed by atoms with E-state index in [2.05, 4.69) is 4.98 Å². The molecule has 7 heteroatoms. The summed E-state index contributed by atoms with van der Waals surface area (Å²) in [6, 6.07) is 1.39. The second-order valence-electron chi connectivity index (χ2n) is 4.70. The van der Waals surface area contributed by atoms with E-state index in [0.717, 1.165) is 6.20 Å². The van der Waals surface area contributed by atoms with Crippen LogP contribution in [0.25, 0.3) is 0 Å². The predicted molar refractivity (Wildman–Crippen MR) is 70.4 cm³/mol. The summed E-state index contributed by atoms with van der Waals surface area (Å²) >= 11 is 0. The van der Waals surface area contributed by atoms with Gasteiger partial charge in [-0.25, -0.2) is 9.78 Å². The van der Waals surface area contributed by atoms with E-state index in [1.165, 1.54) is 6.07 Å². The Morgan fingerprint density at radius 3 is 2.53 bits per heavy atom. The van der Waals surface area contributed by atoms with Gasteiger partial charge >= 0.3 is 5.97 Å². The Morgan fingerprint density at radius 2 is 2.16 bits per heavy atom. The van der Waals surface area contributed by atoms with Gasteiger partial charge in [0.15, 0.2) is 0 Å². The fraction of sp³-hybridized carbons (Fsp3) is 0.500. The molecule has 0 atom stereocenters. The Balaban J connectivity index is 3.27. The second-order valence-corrected chi connectivity index (χ2v) is 4.70. The molecule has 0 spiro atoms. The average molecular weight is 267 g/mol. The number of aryl methyl sites for hydroxylation is 1. The van der Waals surface area contributed by atoms with Crippen LogP contribution in [0.2, 0.25) is 0 Å². The van der Waals surface area contributed by atoms with Gasteiger partial charge in [-0.1, -0.05) is 0 Å². The van der Waals surface area contributed by atoms with Crippen LogP contribution >= 0.6 is 0 Å². The van der Waals surface area contributed by atoms with Gasteiger partial charge in [-0.3, -0.25) is 10.1 Å². The molecule has 1 aromatic heterocycles. The molecule has 0 saturated carbocycles. The monoisotopic (exact) mass is 267 g/mol. The number of nitrogens with zero attached hydrogens (tertiary/aromatic N) is 3. The van der Waals surface area contributed by atoms with E-state index in [1.54, 1.807) is 25.7 Å². The smallest absolute Gasteiger partial charge is 0.328 e. The van der Waals surface area contributed by atoms with E-state index >= 15 is 0 Å². The molecule has 0 aromatic carbocycles. The normalized spacial score (nSPS) is 11.2. The van der Waals surface area contributed by atoms with E-state index in [-0.39, 0.29) is 5.69 Å². The quantitative estimate of drug-likeness (QED) is 0.647. The van der Waals surface area contributed by atoms with Gasteiger partial charge in [-0.2, -0.15) is 0 Å². The van der Waals surface area contributed by atoms with Crippen LogP contribution in [0.1, 0.15) is 26.3 Å².